The van der Waals surface area contributed by atoms with Crippen LogP contribution in [-0.2, 0) is 14.1 Å². The summed E-state index contributed by atoms with van der Waals surface area (Å²) in [5.74, 6) is 1.49. The first-order chi connectivity index (χ1) is 14.5. The minimum atomic E-state index is -0.493. The molecule has 0 saturated carbocycles. The van der Waals surface area contributed by atoms with Crippen molar-refractivity contribution in [2.24, 2.45) is 14.1 Å². The van der Waals surface area contributed by atoms with Gasteiger partial charge in [0.2, 0.25) is 0 Å². The zero-order valence-electron chi connectivity index (χ0n) is 17.2. The molecule has 4 rings (SSSR count). The van der Waals surface area contributed by atoms with Crippen molar-refractivity contribution < 1.29 is 14.1 Å². The Balaban J connectivity index is 1.64. The summed E-state index contributed by atoms with van der Waals surface area (Å²) in [7, 11) is 5.32. The van der Waals surface area contributed by atoms with Crippen molar-refractivity contribution in [3.05, 3.63) is 71.7 Å². The maximum atomic E-state index is 13.0. The molecule has 0 aliphatic heterocycles. The predicted molar refractivity (Wildman–Crippen MR) is 109 cm³/mol. The van der Waals surface area contributed by atoms with Crippen molar-refractivity contribution in [1.29, 1.82) is 0 Å². The molecule has 3 heterocycles. The van der Waals surface area contributed by atoms with E-state index in [2.05, 4.69) is 20.6 Å². The van der Waals surface area contributed by atoms with Crippen LogP contribution in [0.5, 0.6) is 5.75 Å². The summed E-state index contributed by atoms with van der Waals surface area (Å²) < 4.78 is 14.3. The van der Waals surface area contributed by atoms with Gasteiger partial charge in [0.1, 0.15) is 17.6 Å². The lowest BCUT2D eigenvalue weighted by Gasteiger charge is -2.19. The molecule has 30 heavy (non-hydrogen) atoms. The van der Waals surface area contributed by atoms with E-state index in [9.17, 15) is 4.79 Å². The standard InChI is InChI=1S/C21H22N6O3/c1-13-16(12-23-27(13)3)18-11-17(25-30-18)21(28)24-19(20-22-8-9-26(20)2)14-6-5-7-15(10-14)29-4/h5-12,19H,1-4H3,(H,24,28)/t19-/m0/s1. The number of nitrogens with zero attached hydrogens (tertiary/aromatic N) is 5. The first-order valence-electron chi connectivity index (χ1n) is 9.35. The monoisotopic (exact) mass is 406 g/mol. The summed E-state index contributed by atoms with van der Waals surface area (Å²) >= 11 is 0. The number of hydrogen-bond donors (Lipinski definition) is 1. The number of carbonyl (C=O) groups is 1. The van der Waals surface area contributed by atoms with Crippen molar-refractivity contribution in [2.75, 3.05) is 7.11 Å². The molecule has 1 aromatic carbocycles. The van der Waals surface area contributed by atoms with E-state index >= 15 is 0 Å². The molecule has 1 atom stereocenters. The number of ether oxygens (including phenoxy) is 1. The summed E-state index contributed by atoms with van der Waals surface area (Å²) in [5.41, 5.74) is 2.72. The normalized spacial score (nSPS) is 12.0. The van der Waals surface area contributed by atoms with Crippen LogP contribution in [0.1, 0.15) is 33.6 Å². The van der Waals surface area contributed by atoms with Gasteiger partial charge in [-0.1, -0.05) is 17.3 Å². The Hall–Kier alpha value is -3.88. The molecular weight excluding hydrogens is 384 g/mol. The number of aromatic nitrogens is 5. The topological polar surface area (TPSA) is 100 Å². The maximum absolute atomic E-state index is 13.0. The second kappa shape index (κ2) is 7.86. The summed E-state index contributed by atoms with van der Waals surface area (Å²) in [4.78, 5) is 17.4. The minimum Gasteiger partial charge on any atom is -0.497 e. The number of methoxy groups -OCH3 is 1. The Labute approximate surface area is 173 Å². The smallest absolute Gasteiger partial charge is 0.274 e. The predicted octanol–water partition coefficient (Wildman–Crippen LogP) is 2.65. The third-order valence-electron chi connectivity index (χ3n) is 5.06. The Kier molecular flexibility index (Phi) is 5.09. The molecule has 9 nitrogen and oxygen atoms in total. The lowest BCUT2D eigenvalue weighted by atomic mass is 10.1. The van der Waals surface area contributed by atoms with Gasteiger partial charge in [0.25, 0.3) is 5.91 Å². The SMILES string of the molecule is COc1cccc([C@H](NC(=O)c2cc(-c3cnn(C)c3C)on2)c2nccn2C)c1. The Morgan fingerprint density at radius 2 is 2.10 bits per heavy atom. The molecule has 0 bridgehead atoms. The van der Waals surface area contributed by atoms with Gasteiger partial charge in [-0.15, -0.1) is 0 Å². The lowest BCUT2D eigenvalue weighted by Crippen LogP contribution is -2.31. The number of benzene rings is 1. The zero-order valence-corrected chi connectivity index (χ0v) is 17.2. The molecule has 9 heteroatoms. The van der Waals surface area contributed by atoms with Gasteiger partial charge in [-0.05, 0) is 24.6 Å². The molecule has 0 aliphatic carbocycles. The van der Waals surface area contributed by atoms with Gasteiger partial charge in [0.15, 0.2) is 11.5 Å². The van der Waals surface area contributed by atoms with E-state index in [-0.39, 0.29) is 11.6 Å². The molecule has 0 radical (unpaired) electrons. The van der Waals surface area contributed by atoms with E-state index in [1.807, 2.05) is 56.0 Å². The largest absolute Gasteiger partial charge is 0.497 e. The number of rotatable bonds is 6. The zero-order chi connectivity index (χ0) is 21.3. The molecule has 0 unspecified atom stereocenters. The quantitative estimate of drug-likeness (QED) is 0.528. The fourth-order valence-electron chi connectivity index (χ4n) is 3.23. The number of carbonyl (C=O) groups excluding carboxylic acids is 1. The van der Waals surface area contributed by atoms with Crippen LogP contribution in [-0.4, -0.2) is 37.5 Å². The average Bonchev–Trinajstić information content (AvgIpc) is 3.48. The fraction of sp³-hybridized carbons (Fsp3) is 0.238. The van der Waals surface area contributed by atoms with Crippen molar-refractivity contribution in [1.82, 2.24) is 29.8 Å². The van der Waals surface area contributed by atoms with E-state index in [0.29, 0.717) is 17.3 Å². The average molecular weight is 406 g/mol. The molecule has 0 saturated heterocycles. The van der Waals surface area contributed by atoms with Crippen LogP contribution >= 0.6 is 0 Å². The van der Waals surface area contributed by atoms with Gasteiger partial charge in [0.05, 0.1) is 18.9 Å². The Morgan fingerprint density at radius 1 is 1.27 bits per heavy atom. The van der Waals surface area contributed by atoms with Crippen LogP contribution < -0.4 is 10.1 Å². The van der Waals surface area contributed by atoms with Crippen LogP contribution in [0.15, 0.2) is 53.4 Å². The van der Waals surface area contributed by atoms with Crippen LogP contribution in [0.25, 0.3) is 11.3 Å². The first-order valence-corrected chi connectivity index (χ1v) is 9.35. The molecule has 3 aromatic heterocycles. The first kappa shape index (κ1) is 19.4. The van der Waals surface area contributed by atoms with E-state index in [4.69, 9.17) is 9.26 Å². The number of imidazole rings is 1. The van der Waals surface area contributed by atoms with Crippen LogP contribution in [0.3, 0.4) is 0 Å². The Morgan fingerprint density at radius 3 is 2.77 bits per heavy atom. The van der Waals surface area contributed by atoms with Gasteiger partial charge in [-0.2, -0.15) is 5.10 Å². The number of hydrogen-bond acceptors (Lipinski definition) is 6. The lowest BCUT2D eigenvalue weighted by molar-refractivity contribution is 0.0932. The Bertz CT molecular complexity index is 1190. The van der Waals surface area contributed by atoms with Crippen molar-refractivity contribution in [2.45, 2.75) is 13.0 Å². The summed E-state index contributed by atoms with van der Waals surface area (Å²) in [6.07, 6.45) is 5.20. The van der Waals surface area contributed by atoms with E-state index < -0.39 is 6.04 Å². The second-order valence-electron chi connectivity index (χ2n) is 6.92. The highest BCUT2D eigenvalue weighted by Crippen LogP contribution is 2.26. The minimum absolute atomic E-state index is 0.176. The van der Waals surface area contributed by atoms with Crippen molar-refractivity contribution in [3.63, 3.8) is 0 Å². The summed E-state index contributed by atoms with van der Waals surface area (Å²) in [6, 6.07) is 8.62. The third-order valence-corrected chi connectivity index (χ3v) is 5.06. The van der Waals surface area contributed by atoms with Gasteiger partial charge in [-0.3, -0.25) is 9.48 Å². The van der Waals surface area contributed by atoms with E-state index in [1.54, 1.807) is 30.3 Å². The summed E-state index contributed by atoms with van der Waals surface area (Å²) in [5, 5.41) is 11.2. The molecule has 1 amide bonds. The van der Waals surface area contributed by atoms with Crippen LogP contribution in [0.4, 0.5) is 0 Å². The molecular formula is C21H22N6O3. The van der Waals surface area contributed by atoms with Gasteiger partial charge < -0.3 is 19.1 Å². The number of aryl methyl sites for hydroxylation is 2. The van der Waals surface area contributed by atoms with Crippen LogP contribution in [0.2, 0.25) is 0 Å². The number of nitrogens with one attached hydrogen (secondary N) is 1. The maximum Gasteiger partial charge on any atom is 0.274 e. The summed E-state index contributed by atoms with van der Waals surface area (Å²) in [6.45, 7) is 1.92. The highest BCUT2D eigenvalue weighted by atomic mass is 16.5. The molecule has 0 spiro atoms. The molecule has 0 fully saturated rings. The van der Waals surface area contributed by atoms with Crippen LogP contribution in [0, 0.1) is 6.92 Å². The molecule has 4 aromatic rings. The highest BCUT2D eigenvalue weighted by molar-refractivity contribution is 5.93. The third kappa shape index (κ3) is 3.57. The van der Waals surface area contributed by atoms with Gasteiger partial charge in [0, 0.05) is 38.2 Å². The number of amides is 1. The van der Waals surface area contributed by atoms with E-state index in [0.717, 1.165) is 16.8 Å². The van der Waals surface area contributed by atoms with E-state index in [1.165, 1.54) is 0 Å². The fourth-order valence-corrected chi connectivity index (χ4v) is 3.23. The molecule has 0 aliphatic rings. The second-order valence-corrected chi connectivity index (χ2v) is 6.92. The molecule has 154 valence electrons. The molecule has 1 N–H and O–H groups in total. The van der Waals surface area contributed by atoms with Crippen molar-refractivity contribution >= 4 is 5.91 Å². The van der Waals surface area contributed by atoms with Gasteiger partial charge in [-0.25, -0.2) is 4.98 Å². The van der Waals surface area contributed by atoms with Crippen molar-refractivity contribution in [3.8, 4) is 17.1 Å². The van der Waals surface area contributed by atoms with Gasteiger partial charge >= 0.3 is 0 Å². The highest BCUT2D eigenvalue weighted by Gasteiger charge is 2.24.